The van der Waals surface area contributed by atoms with Crippen molar-refractivity contribution in [2.75, 3.05) is 0 Å². The number of aromatic nitrogens is 2. The van der Waals surface area contributed by atoms with Gasteiger partial charge in [-0.25, -0.2) is 13.9 Å². The van der Waals surface area contributed by atoms with Crippen LogP contribution in [0.4, 0.5) is 4.39 Å². The minimum Gasteiger partial charge on any atom is -0.478 e. The Morgan fingerprint density at radius 2 is 1.86 bits per heavy atom. The van der Waals surface area contributed by atoms with Crippen molar-refractivity contribution in [2.24, 2.45) is 0 Å². The van der Waals surface area contributed by atoms with Gasteiger partial charge in [-0.1, -0.05) is 18.2 Å². The molecule has 0 radical (unpaired) electrons. The molecule has 0 saturated heterocycles. The van der Waals surface area contributed by atoms with E-state index in [2.05, 4.69) is 5.10 Å². The molecule has 1 aromatic heterocycles. The molecule has 0 fully saturated rings. The zero-order valence-electron chi connectivity index (χ0n) is 10.9. The summed E-state index contributed by atoms with van der Waals surface area (Å²) in [6.07, 6.45) is 1.55. The van der Waals surface area contributed by atoms with Gasteiger partial charge in [0.15, 0.2) is 0 Å². The zero-order chi connectivity index (χ0) is 14.8. The van der Waals surface area contributed by atoms with E-state index in [-0.39, 0.29) is 11.1 Å². The minimum absolute atomic E-state index is 0.0345. The van der Waals surface area contributed by atoms with Crippen molar-refractivity contribution in [3.63, 3.8) is 0 Å². The van der Waals surface area contributed by atoms with Crippen LogP contribution >= 0.6 is 0 Å². The number of halogens is 1. The third-order valence-electron chi connectivity index (χ3n) is 3.13. The fourth-order valence-corrected chi connectivity index (χ4v) is 2.14. The number of carbonyl (C=O) groups is 1. The standard InChI is InChI=1S/C16H11FN2O2/c17-14-7-6-11(16(20)21)10-13(14)15-8-9-18-19(15)12-4-2-1-3-5-12/h1-10H,(H,20,21). The highest BCUT2D eigenvalue weighted by atomic mass is 19.1. The van der Waals surface area contributed by atoms with E-state index in [1.807, 2.05) is 30.3 Å². The van der Waals surface area contributed by atoms with E-state index >= 15 is 0 Å². The smallest absolute Gasteiger partial charge is 0.335 e. The summed E-state index contributed by atoms with van der Waals surface area (Å²) in [5, 5.41) is 13.2. The van der Waals surface area contributed by atoms with Gasteiger partial charge in [-0.05, 0) is 36.4 Å². The summed E-state index contributed by atoms with van der Waals surface area (Å²) in [5.41, 5.74) is 1.52. The van der Waals surface area contributed by atoms with Crippen molar-refractivity contribution in [2.45, 2.75) is 0 Å². The first-order valence-corrected chi connectivity index (χ1v) is 6.29. The highest BCUT2D eigenvalue weighted by molar-refractivity contribution is 5.89. The molecule has 0 unspecified atom stereocenters. The maximum Gasteiger partial charge on any atom is 0.335 e. The number of nitrogens with zero attached hydrogens (tertiary/aromatic N) is 2. The lowest BCUT2D eigenvalue weighted by Gasteiger charge is -2.09. The molecule has 0 spiro atoms. The number of rotatable bonds is 3. The average molecular weight is 282 g/mol. The van der Waals surface area contributed by atoms with Gasteiger partial charge in [0, 0.05) is 5.56 Å². The summed E-state index contributed by atoms with van der Waals surface area (Å²) >= 11 is 0. The Bertz CT molecular complexity index is 797. The van der Waals surface area contributed by atoms with Gasteiger partial charge in [0.2, 0.25) is 0 Å². The molecule has 4 nitrogen and oxygen atoms in total. The molecule has 0 aliphatic carbocycles. The summed E-state index contributed by atoms with van der Waals surface area (Å²) in [6, 6.07) is 14.6. The molecule has 2 aromatic carbocycles. The van der Waals surface area contributed by atoms with Crippen molar-refractivity contribution >= 4 is 5.97 Å². The Balaban J connectivity index is 2.17. The van der Waals surface area contributed by atoms with Gasteiger partial charge in [-0.15, -0.1) is 0 Å². The largest absolute Gasteiger partial charge is 0.478 e. The van der Waals surface area contributed by atoms with Crippen LogP contribution in [0.3, 0.4) is 0 Å². The number of para-hydroxylation sites is 1. The molecule has 5 heteroatoms. The molecule has 0 atom stereocenters. The van der Waals surface area contributed by atoms with E-state index < -0.39 is 11.8 Å². The number of aromatic carboxylic acids is 1. The Labute approximate surface area is 120 Å². The number of benzene rings is 2. The molecule has 1 N–H and O–H groups in total. The van der Waals surface area contributed by atoms with Crippen molar-refractivity contribution < 1.29 is 14.3 Å². The second-order valence-electron chi connectivity index (χ2n) is 4.46. The summed E-state index contributed by atoms with van der Waals surface area (Å²) in [5.74, 6) is -1.58. The lowest BCUT2D eigenvalue weighted by atomic mass is 10.1. The quantitative estimate of drug-likeness (QED) is 0.801. The first kappa shape index (κ1) is 13.1. The highest BCUT2D eigenvalue weighted by Crippen LogP contribution is 2.26. The number of carboxylic acids is 1. The van der Waals surface area contributed by atoms with Crippen LogP contribution in [0.1, 0.15) is 10.4 Å². The highest BCUT2D eigenvalue weighted by Gasteiger charge is 2.14. The lowest BCUT2D eigenvalue weighted by Crippen LogP contribution is -2.02. The SMILES string of the molecule is O=C(O)c1ccc(F)c(-c2ccnn2-c2ccccc2)c1. The van der Waals surface area contributed by atoms with Gasteiger partial charge < -0.3 is 5.11 Å². The third kappa shape index (κ3) is 2.41. The van der Waals surface area contributed by atoms with Crippen LogP contribution in [-0.4, -0.2) is 20.9 Å². The van der Waals surface area contributed by atoms with E-state index in [9.17, 15) is 9.18 Å². The molecule has 1 heterocycles. The molecule has 3 aromatic rings. The Morgan fingerprint density at radius 3 is 2.57 bits per heavy atom. The maximum absolute atomic E-state index is 14.1. The predicted molar refractivity (Wildman–Crippen MR) is 75.9 cm³/mol. The summed E-state index contributed by atoms with van der Waals surface area (Å²) in [7, 11) is 0. The monoisotopic (exact) mass is 282 g/mol. The fraction of sp³-hybridized carbons (Fsp3) is 0. The molecule has 0 aliphatic heterocycles. The number of carboxylic acid groups (broad SMARTS) is 1. The maximum atomic E-state index is 14.1. The molecule has 0 saturated carbocycles. The average Bonchev–Trinajstić information content (AvgIpc) is 2.97. The van der Waals surface area contributed by atoms with Crippen LogP contribution in [-0.2, 0) is 0 Å². The van der Waals surface area contributed by atoms with Crippen LogP contribution in [0, 0.1) is 5.82 Å². The summed E-state index contributed by atoms with van der Waals surface area (Å²) in [4.78, 5) is 11.0. The molecule has 0 aliphatic rings. The lowest BCUT2D eigenvalue weighted by molar-refractivity contribution is 0.0697. The van der Waals surface area contributed by atoms with Crippen LogP contribution in [0.15, 0.2) is 60.8 Å². The molecular weight excluding hydrogens is 271 g/mol. The molecular formula is C16H11FN2O2. The van der Waals surface area contributed by atoms with Gasteiger partial charge in [0.05, 0.1) is 23.1 Å². The van der Waals surface area contributed by atoms with Crippen molar-refractivity contribution in [1.82, 2.24) is 9.78 Å². The Kier molecular flexibility index (Phi) is 3.23. The molecule has 0 amide bonds. The van der Waals surface area contributed by atoms with E-state index in [1.54, 1.807) is 16.9 Å². The molecule has 104 valence electrons. The van der Waals surface area contributed by atoms with Crippen LogP contribution in [0.2, 0.25) is 0 Å². The van der Waals surface area contributed by atoms with Gasteiger partial charge in [0.1, 0.15) is 5.82 Å². The third-order valence-corrected chi connectivity index (χ3v) is 3.13. The van der Waals surface area contributed by atoms with Crippen molar-refractivity contribution in [1.29, 1.82) is 0 Å². The van der Waals surface area contributed by atoms with Gasteiger partial charge in [-0.3, -0.25) is 0 Å². The second kappa shape index (κ2) is 5.20. The molecule has 3 rings (SSSR count). The van der Waals surface area contributed by atoms with E-state index in [4.69, 9.17) is 5.11 Å². The number of hydrogen-bond acceptors (Lipinski definition) is 2. The molecule has 0 bridgehead atoms. The minimum atomic E-state index is -1.10. The summed E-state index contributed by atoms with van der Waals surface area (Å²) in [6.45, 7) is 0. The van der Waals surface area contributed by atoms with Gasteiger partial charge in [-0.2, -0.15) is 5.10 Å². The fourth-order valence-electron chi connectivity index (χ4n) is 2.14. The Morgan fingerprint density at radius 1 is 1.10 bits per heavy atom. The topological polar surface area (TPSA) is 55.1 Å². The zero-order valence-corrected chi connectivity index (χ0v) is 10.9. The van der Waals surface area contributed by atoms with Gasteiger partial charge in [0.25, 0.3) is 0 Å². The van der Waals surface area contributed by atoms with Crippen molar-refractivity contribution in [3.8, 4) is 16.9 Å². The first-order valence-electron chi connectivity index (χ1n) is 6.29. The van der Waals surface area contributed by atoms with E-state index in [1.165, 1.54) is 12.1 Å². The van der Waals surface area contributed by atoms with E-state index in [0.29, 0.717) is 5.69 Å². The Hall–Kier alpha value is -2.95. The number of hydrogen-bond donors (Lipinski definition) is 1. The predicted octanol–water partition coefficient (Wildman–Crippen LogP) is 3.38. The van der Waals surface area contributed by atoms with Crippen LogP contribution in [0.25, 0.3) is 16.9 Å². The summed E-state index contributed by atoms with van der Waals surface area (Å²) < 4.78 is 15.6. The van der Waals surface area contributed by atoms with Crippen LogP contribution in [0.5, 0.6) is 0 Å². The molecule has 21 heavy (non-hydrogen) atoms. The van der Waals surface area contributed by atoms with Gasteiger partial charge >= 0.3 is 5.97 Å². The first-order chi connectivity index (χ1) is 10.2. The van der Waals surface area contributed by atoms with E-state index in [0.717, 1.165) is 11.8 Å². The van der Waals surface area contributed by atoms with Crippen molar-refractivity contribution in [3.05, 3.63) is 72.2 Å². The van der Waals surface area contributed by atoms with Crippen LogP contribution < -0.4 is 0 Å². The normalized spacial score (nSPS) is 10.5. The second-order valence-corrected chi connectivity index (χ2v) is 4.46.